The van der Waals surface area contributed by atoms with Crippen LogP contribution >= 0.6 is 11.6 Å². The van der Waals surface area contributed by atoms with Crippen LogP contribution in [-0.2, 0) is 0 Å². The first-order valence-electron chi connectivity index (χ1n) is 11.8. The molecule has 0 bridgehead atoms. The molecule has 0 N–H and O–H groups in total. The Kier molecular flexibility index (Phi) is 7.16. The molecule has 0 saturated heterocycles. The van der Waals surface area contributed by atoms with Crippen molar-refractivity contribution in [2.45, 2.75) is 0 Å². The Morgan fingerprint density at radius 1 is 0.583 bits per heavy atom. The van der Waals surface area contributed by atoms with E-state index in [1.807, 2.05) is 36.4 Å². The van der Waals surface area contributed by atoms with E-state index in [0.717, 1.165) is 50.1 Å². The molecule has 2 nitrogen and oxygen atoms in total. The lowest BCUT2D eigenvalue weighted by atomic mass is 9.95. The fraction of sp³-hybridized carbons (Fsp3) is 0.0303. The van der Waals surface area contributed by atoms with E-state index in [0.29, 0.717) is 0 Å². The number of anilines is 3. The average Bonchev–Trinajstić information content (AvgIpc) is 2.95. The smallest absolute Gasteiger partial charge is 0.119 e. The molecule has 0 fully saturated rings. The summed E-state index contributed by atoms with van der Waals surface area (Å²) in [4.78, 5) is 2.24. The van der Waals surface area contributed by atoms with Crippen molar-refractivity contribution >= 4 is 40.3 Å². The molecule has 0 heterocycles. The van der Waals surface area contributed by atoms with E-state index in [-0.39, 0.29) is 0 Å². The summed E-state index contributed by atoms with van der Waals surface area (Å²) in [6, 6.07) is 45.6. The van der Waals surface area contributed by atoms with Crippen LogP contribution in [0.3, 0.4) is 0 Å². The van der Waals surface area contributed by atoms with E-state index in [2.05, 4.69) is 108 Å². The van der Waals surface area contributed by atoms with E-state index in [1.54, 1.807) is 7.11 Å². The largest absolute Gasteiger partial charge is 0.497 e. The molecular weight excluding hydrogens is 462 g/mol. The van der Waals surface area contributed by atoms with Gasteiger partial charge in [0.25, 0.3) is 0 Å². The van der Waals surface area contributed by atoms with Crippen molar-refractivity contribution in [3.63, 3.8) is 0 Å². The summed E-state index contributed by atoms with van der Waals surface area (Å²) in [6.07, 6.45) is 2.22. The standard InChI is InChI=1S/C33H26ClNO/c1-36-32-22-20-31(21-23-32)35(29-10-6-3-7-11-29)30-18-12-25(13-19-30)24-33(26-8-4-2-5-9-26)27-14-16-28(34)17-15-27/h2-24H,1H3. The fourth-order valence-electron chi connectivity index (χ4n) is 4.22. The maximum absolute atomic E-state index is 6.16. The molecule has 5 aromatic carbocycles. The zero-order valence-electron chi connectivity index (χ0n) is 20.0. The number of methoxy groups -OCH3 is 1. The van der Waals surface area contributed by atoms with Gasteiger partial charge in [0.05, 0.1) is 7.11 Å². The monoisotopic (exact) mass is 487 g/mol. The molecule has 5 aromatic rings. The summed E-state index contributed by atoms with van der Waals surface area (Å²) < 4.78 is 5.36. The molecule has 36 heavy (non-hydrogen) atoms. The molecule has 5 rings (SSSR count). The van der Waals surface area contributed by atoms with Crippen molar-refractivity contribution in [2.24, 2.45) is 0 Å². The Labute approximate surface area is 217 Å². The second-order valence-corrected chi connectivity index (χ2v) is 8.83. The van der Waals surface area contributed by atoms with Crippen LogP contribution in [0.5, 0.6) is 5.75 Å². The van der Waals surface area contributed by atoms with Gasteiger partial charge >= 0.3 is 0 Å². The van der Waals surface area contributed by atoms with Gasteiger partial charge in [0.1, 0.15) is 5.75 Å². The van der Waals surface area contributed by atoms with Crippen LogP contribution in [0.15, 0.2) is 133 Å². The lowest BCUT2D eigenvalue weighted by Gasteiger charge is -2.25. The highest BCUT2D eigenvalue weighted by molar-refractivity contribution is 6.30. The van der Waals surface area contributed by atoms with Gasteiger partial charge in [-0.05, 0) is 89.0 Å². The zero-order chi connectivity index (χ0) is 24.7. The molecule has 0 spiro atoms. The molecule has 0 amide bonds. The predicted octanol–water partition coefficient (Wildman–Crippen LogP) is 9.41. The molecule has 0 aliphatic heterocycles. The molecule has 0 radical (unpaired) electrons. The van der Waals surface area contributed by atoms with Crippen molar-refractivity contribution < 1.29 is 4.74 Å². The first-order valence-corrected chi connectivity index (χ1v) is 12.2. The highest BCUT2D eigenvalue weighted by Gasteiger charge is 2.12. The minimum Gasteiger partial charge on any atom is -0.497 e. The summed E-state index contributed by atoms with van der Waals surface area (Å²) in [5.41, 5.74) is 7.79. The highest BCUT2D eigenvalue weighted by atomic mass is 35.5. The average molecular weight is 488 g/mol. The summed E-state index contributed by atoms with van der Waals surface area (Å²) in [6.45, 7) is 0. The Balaban J connectivity index is 1.54. The second-order valence-electron chi connectivity index (χ2n) is 8.39. The van der Waals surface area contributed by atoms with Crippen LogP contribution in [0.2, 0.25) is 5.02 Å². The number of rotatable bonds is 7. The number of nitrogens with zero attached hydrogens (tertiary/aromatic N) is 1. The van der Waals surface area contributed by atoms with Crippen LogP contribution in [0.1, 0.15) is 16.7 Å². The number of benzene rings is 5. The van der Waals surface area contributed by atoms with E-state index in [4.69, 9.17) is 16.3 Å². The number of ether oxygens (including phenoxy) is 1. The Bertz CT molecular complexity index is 1430. The Morgan fingerprint density at radius 3 is 1.67 bits per heavy atom. The summed E-state index contributed by atoms with van der Waals surface area (Å²) >= 11 is 6.16. The van der Waals surface area contributed by atoms with Gasteiger partial charge in [-0.2, -0.15) is 0 Å². The van der Waals surface area contributed by atoms with E-state index in [9.17, 15) is 0 Å². The molecule has 0 aromatic heterocycles. The predicted molar refractivity (Wildman–Crippen MR) is 153 cm³/mol. The summed E-state index contributed by atoms with van der Waals surface area (Å²) in [7, 11) is 1.68. The van der Waals surface area contributed by atoms with Crippen molar-refractivity contribution in [3.8, 4) is 5.75 Å². The van der Waals surface area contributed by atoms with Crippen LogP contribution in [0.4, 0.5) is 17.1 Å². The van der Waals surface area contributed by atoms with Crippen molar-refractivity contribution in [1.82, 2.24) is 0 Å². The fourth-order valence-corrected chi connectivity index (χ4v) is 4.35. The quantitative estimate of drug-likeness (QED) is 0.212. The maximum atomic E-state index is 6.16. The van der Waals surface area contributed by atoms with Crippen LogP contribution in [-0.4, -0.2) is 7.11 Å². The maximum Gasteiger partial charge on any atom is 0.119 e. The zero-order valence-corrected chi connectivity index (χ0v) is 20.8. The third-order valence-corrected chi connectivity index (χ3v) is 6.30. The Hall–Kier alpha value is -4.27. The van der Waals surface area contributed by atoms with Crippen LogP contribution in [0.25, 0.3) is 11.6 Å². The highest BCUT2D eigenvalue weighted by Crippen LogP contribution is 2.36. The van der Waals surface area contributed by atoms with Crippen molar-refractivity contribution in [3.05, 3.63) is 155 Å². The van der Waals surface area contributed by atoms with Crippen molar-refractivity contribution in [1.29, 1.82) is 0 Å². The minimum absolute atomic E-state index is 0.732. The van der Waals surface area contributed by atoms with Gasteiger partial charge in [-0.3, -0.25) is 0 Å². The number of hydrogen-bond acceptors (Lipinski definition) is 2. The number of para-hydroxylation sites is 1. The number of halogens is 1. The lowest BCUT2D eigenvalue weighted by Crippen LogP contribution is -2.09. The molecule has 0 aliphatic rings. The molecule has 0 atom stereocenters. The lowest BCUT2D eigenvalue weighted by molar-refractivity contribution is 0.415. The van der Waals surface area contributed by atoms with Gasteiger partial charge in [0.15, 0.2) is 0 Å². The minimum atomic E-state index is 0.732. The summed E-state index contributed by atoms with van der Waals surface area (Å²) in [5, 5.41) is 0.732. The number of hydrogen-bond donors (Lipinski definition) is 0. The third-order valence-electron chi connectivity index (χ3n) is 6.05. The van der Waals surface area contributed by atoms with Gasteiger partial charge < -0.3 is 9.64 Å². The molecular formula is C33H26ClNO. The van der Waals surface area contributed by atoms with E-state index < -0.39 is 0 Å². The topological polar surface area (TPSA) is 12.5 Å². The third kappa shape index (κ3) is 5.35. The molecule has 0 unspecified atom stereocenters. The molecule has 3 heteroatoms. The molecule has 0 aliphatic carbocycles. The summed E-state index contributed by atoms with van der Waals surface area (Å²) in [5.74, 6) is 0.836. The molecule has 0 saturated carbocycles. The van der Waals surface area contributed by atoms with Crippen molar-refractivity contribution in [2.75, 3.05) is 12.0 Å². The normalized spacial score (nSPS) is 11.2. The second kappa shape index (κ2) is 11.0. The van der Waals surface area contributed by atoms with E-state index >= 15 is 0 Å². The van der Waals surface area contributed by atoms with E-state index in [1.165, 1.54) is 0 Å². The van der Waals surface area contributed by atoms with Gasteiger partial charge in [0.2, 0.25) is 0 Å². The van der Waals surface area contributed by atoms with Gasteiger partial charge in [-0.25, -0.2) is 0 Å². The van der Waals surface area contributed by atoms with Crippen LogP contribution < -0.4 is 9.64 Å². The van der Waals surface area contributed by atoms with Gasteiger partial charge in [-0.15, -0.1) is 0 Å². The van der Waals surface area contributed by atoms with Gasteiger partial charge in [0, 0.05) is 22.1 Å². The molecule has 176 valence electrons. The first-order chi connectivity index (χ1) is 17.7. The van der Waals surface area contributed by atoms with Gasteiger partial charge in [-0.1, -0.05) is 84.4 Å². The Morgan fingerprint density at radius 2 is 1.08 bits per heavy atom. The van der Waals surface area contributed by atoms with Crippen LogP contribution in [0, 0.1) is 0 Å². The SMILES string of the molecule is COc1ccc(N(c2ccccc2)c2ccc(C=C(c3ccccc3)c3ccc(Cl)cc3)cc2)cc1. The first kappa shape index (κ1) is 23.5.